The standard InChI is InChI=1S/C31H34N2O4/c1-18(2)22-7-9-23(10-8-22)28-27(30(35)31(36)33(28)17-21-11-13-32-14-12-21)29(34)25-16-24(19(3)4)26(37-6)15-20(25)5/h7-16,18-19,28,34H,17H2,1-6H3/b29-27+. The van der Waals surface area contributed by atoms with Gasteiger partial charge in [-0.25, -0.2) is 0 Å². The predicted molar refractivity (Wildman–Crippen MR) is 144 cm³/mol. The number of carbonyl (C=O) groups is 2. The number of amides is 1. The molecule has 0 radical (unpaired) electrons. The average Bonchev–Trinajstić information content (AvgIpc) is 3.13. The SMILES string of the molecule is COc1cc(C)c(/C(O)=C2\C(=O)C(=O)N(Cc3ccncc3)C2c2ccc(C(C)C)cc2)cc1C(C)C. The van der Waals surface area contributed by atoms with Crippen LogP contribution in [-0.4, -0.2) is 33.8 Å². The van der Waals surface area contributed by atoms with Gasteiger partial charge in [-0.1, -0.05) is 52.0 Å². The van der Waals surface area contributed by atoms with Crippen LogP contribution in [0.4, 0.5) is 0 Å². The number of benzene rings is 2. The number of aromatic nitrogens is 1. The Morgan fingerprint density at radius 1 is 1.00 bits per heavy atom. The molecule has 6 nitrogen and oxygen atoms in total. The van der Waals surface area contributed by atoms with Gasteiger partial charge in [0.05, 0.1) is 18.7 Å². The second-order valence-electron chi connectivity index (χ2n) is 10.2. The van der Waals surface area contributed by atoms with Crippen LogP contribution in [0.1, 0.15) is 79.0 Å². The van der Waals surface area contributed by atoms with Crippen molar-refractivity contribution in [2.45, 2.75) is 59.0 Å². The van der Waals surface area contributed by atoms with Gasteiger partial charge in [0.1, 0.15) is 11.5 Å². The molecule has 1 unspecified atom stereocenters. The number of aliphatic hydroxyl groups excluding tert-OH is 1. The lowest BCUT2D eigenvalue weighted by Crippen LogP contribution is -2.29. The van der Waals surface area contributed by atoms with Gasteiger partial charge in [-0.15, -0.1) is 0 Å². The van der Waals surface area contributed by atoms with E-state index in [2.05, 4.69) is 18.8 Å². The van der Waals surface area contributed by atoms with E-state index in [1.807, 2.05) is 69.3 Å². The lowest BCUT2D eigenvalue weighted by molar-refractivity contribution is -0.140. The summed E-state index contributed by atoms with van der Waals surface area (Å²) in [6.45, 7) is 10.4. The first-order valence-electron chi connectivity index (χ1n) is 12.6. The predicted octanol–water partition coefficient (Wildman–Crippen LogP) is 6.27. The van der Waals surface area contributed by atoms with Gasteiger partial charge >= 0.3 is 0 Å². The van der Waals surface area contributed by atoms with E-state index in [9.17, 15) is 14.7 Å². The summed E-state index contributed by atoms with van der Waals surface area (Å²) in [6.07, 6.45) is 3.32. The Labute approximate surface area is 218 Å². The van der Waals surface area contributed by atoms with Crippen molar-refractivity contribution in [3.63, 3.8) is 0 Å². The van der Waals surface area contributed by atoms with E-state index in [4.69, 9.17) is 4.74 Å². The Morgan fingerprint density at radius 2 is 1.65 bits per heavy atom. The van der Waals surface area contributed by atoms with Crippen LogP contribution in [0, 0.1) is 6.92 Å². The molecule has 1 N–H and O–H groups in total. The molecular formula is C31H34N2O4. The number of carbonyl (C=O) groups excluding carboxylic acids is 2. The highest BCUT2D eigenvalue weighted by molar-refractivity contribution is 6.46. The molecule has 192 valence electrons. The van der Waals surface area contributed by atoms with Gasteiger partial charge in [-0.2, -0.15) is 0 Å². The summed E-state index contributed by atoms with van der Waals surface area (Å²) in [5.74, 6) is -0.292. The number of likely N-dealkylation sites (tertiary alicyclic amines) is 1. The molecule has 0 saturated carbocycles. The largest absolute Gasteiger partial charge is 0.507 e. The number of pyridine rings is 1. The molecule has 1 saturated heterocycles. The minimum atomic E-state index is -0.724. The van der Waals surface area contributed by atoms with Crippen molar-refractivity contribution in [2.24, 2.45) is 0 Å². The first kappa shape index (κ1) is 26.1. The number of ether oxygens (including phenoxy) is 1. The van der Waals surface area contributed by atoms with Crippen molar-refractivity contribution < 1.29 is 19.4 Å². The molecule has 2 aromatic carbocycles. The summed E-state index contributed by atoms with van der Waals surface area (Å²) >= 11 is 0. The summed E-state index contributed by atoms with van der Waals surface area (Å²) in [4.78, 5) is 32.5. The Kier molecular flexibility index (Phi) is 7.48. The van der Waals surface area contributed by atoms with Crippen LogP contribution >= 0.6 is 0 Å². The number of aliphatic hydroxyl groups is 1. The van der Waals surface area contributed by atoms with Gasteiger partial charge in [0, 0.05) is 24.5 Å². The van der Waals surface area contributed by atoms with E-state index < -0.39 is 17.7 Å². The van der Waals surface area contributed by atoms with Crippen LogP contribution in [0.25, 0.3) is 5.76 Å². The number of hydrogen-bond donors (Lipinski definition) is 1. The second-order valence-corrected chi connectivity index (χ2v) is 10.2. The lowest BCUT2D eigenvalue weighted by atomic mass is 9.90. The molecule has 2 heterocycles. The first-order valence-corrected chi connectivity index (χ1v) is 12.6. The molecule has 1 aliphatic heterocycles. The van der Waals surface area contributed by atoms with Crippen LogP contribution in [0.5, 0.6) is 5.75 Å². The van der Waals surface area contributed by atoms with E-state index in [0.717, 1.165) is 33.6 Å². The van der Waals surface area contributed by atoms with Crippen LogP contribution in [0.15, 0.2) is 66.5 Å². The molecule has 3 aromatic rings. The molecule has 6 heteroatoms. The van der Waals surface area contributed by atoms with Crippen molar-refractivity contribution >= 4 is 17.4 Å². The molecule has 0 aliphatic carbocycles. The molecule has 1 fully saturated rings. The molecule has 4 rings (SSSR count). The highest BCUT2D eigenvalue weighted by Crippen LogP contribution is 2.42. The quantitative estimate of drug-likeness (QED) is 0.236. The van der Waals surface area contributed by atoms with Crippen molar-refractivity contribution in [2.75, 3.05) is 7.11 Å². The number of ketones is 1. The smallest absolute Gasteiger partial charge is 0.295 e. The fourth-order valence-corrected chi connectivity index (χ4v) is 4.86. The van der Waals surface area contributed by atoms with Gasteiger partial charge < -0.3 is 14.7 Å². The van der Waals surface area contributed by atoms with E-state index in [1.54, 1.807) is 19.5 Å². The Hall–Kier alpha value is -3.93. The van der Waals surface area contributed by atoms with Crippen molar-refractivity contribution in [3.05, 3.63) is 99.9 Å². The normalized spacial score (nSPS) is 17.2. The van der Waals surface area contributed by atoms with Gasteiger partial charge in [0.15, 0.2) is 0 Å². The third kappa shape index (κ3) is 5.01. The molecule has 1 atom stereocenters. The number of hydrogen-bond acceptors (Lipinski definition) is 5. The molecule has 0 bridgehead atoms. The van der Waals surface area contributed by atoms with Crippen LogP contribution < -0.4 is 4.74 Å². The minimum Gasteiger partial charge on any atom is -0.507 e. The molecule has 0 spiro atoms. The third-order valence-corrected chi connectivity index (χ3v) is 7.01. The summed E-state index contributed by atoms with van der Waals surface area (Å²) in [7, 11) is 1.62. The second kappa shape index (κ2) is 10.6. The minimum absolute atomic E-state index is 0.0966. The molecule has 1 aromatic heterocycles. The van der Waals surface area contributed by atoms with E-state index in [-0.39, 0.29) is 23.8 Å². The highest BCUT2D eigenvalue weighted by atomic mass is 16.5. The Morgan fingerprint density at radius 3 is 2.22 bits per heavy atom. The topological polar surface area (TPSA) is 79.7 Å². The molecule has 1 aliphatic rings. The molecular weight excluding hydrogens is 464 g/mol. The van der Waals surface area contributed by atoms with Crippen molar-refractivity contribution in [1.29, 1.82) is 0 Å². The monoisotopic (exact) mass is 498 g/mol. The maximum absolute atomic E-state index is 13.5. The van der Waals surface area contributed by atoms with Gasteiger partial charge in [-0.05, 0) is 70.8 Å². The number of aryl methyl sites for hydroxylation is 1. The number of rotatable bonds is 7. The zero-order valence-electron chi connectivity index (χ0n) is 22.3. The summed E-state index contributed by atoms with van der Waals surface area (Å²) < 4.78 is 5.56. The van der Waals surface area contributed by atoms with E-state index in [0.29, 0.717) is 11.5 Å². The summed E-state index contributed by atoms with van der Waals surface area (Å²) in [6, 6.07) is 14.6. The Bertz CT molecular complexity index is 1340. The maximum Gasteiger partial charge on any atom is 0.295 e. The summed E-state index contributed by atoms with van der Waals surface area (Å²) in [5.41, 5.74) is 5.07. The van der Waals surface area contributed by atoms with Gasteiger partial charge in [0.25, 0.3) is 11.7 Å². The highest BCUT2D eigenvalue weighted by Gasteiger charge is 2.46. The maximum atomic E-state index is 13.5. The number of Topliss-reactive ketones (excluding diaryl/α,β-unsaturated/α-hetero) is 1. The fraction of sp³-hybridized carbons (Fsp3) is 0.323. The van der Waals surface area contributed by atoms with Gasteiger partial charge in [-0.3, -0.25) is 14.6 Å². The van der Waals surface area contributed by atoms with Crippen molar-refractivity contribution in [3.8, 4) is 5.75 Å². The summed E-state index contributed by atoms with van der Waals surface area (Å²) in [5, 5.41) is 11.6. The van der Waals surface area contributed by atoms with Crippen LogP contribution in [-0.2, 0) is 16.1 Å². The zero-order valence-corrected chi connectivity index (χ0v) is 22.3. The fourth-order valence-electron chi connectivity index (χ4n) is 4.86. The zero-order chi connectivity index (χ0) is 26.9. The molecule has 1 amide bonds. The number of nitrogens with zero attached hydrogens (tertiary/aromatic N) is 2. The average molecular weight is 499 g/mol. The van der Waals surface area contributed by atoms with Gasteiger partial charge in [0.2, 0.25) is 0 Å². The third-order valence-electron chi connectivity index (χ3n) is 7.01. The van der Waals surface area contributed by atoms with E-state index >= 15 is 0 Å². The van der Waals surface area contributed by atoms with E-state index in [1.165, 1.54) is 4.90 Å². The van der Waals surface area contributed by atoms with Crippen molar-refractivity contribution in [1.82, 2.24) is 9.88 Å². The first-order chi connectivity index (χ1) is 17.6. The lowest BCUT2D eigenvalue weighted by Gasteiger charge is -2.26. The number of methoxy groups -OCH3 is 1. The Balaban J connectivity index is 1.91. The molecule has 37 heavy (non-hydrogen) atoms. The van der Waals surface area contributed by atoms with Crippen LogP contribution in [0.2, 0.25) is 0 Å². The van der Waals surface area contributed by atoms with Crippen LogP contribution in [0.3, 0.4) is 0 Å².